The Morgan fingerprint density at radius 3 is 2.33 bits per heavy atom. The number of hydrogen-bond donors (Lipinski definition) is 2. The molecule has 1 saturated carbocycles. The van der Waals surface area contributed by atoms with Crippen LogP contribution in [-0.4, -0.2) is 20.9 Å². The summed E-state index contributed by atoms with van der Waals surface area (Å²) in [4.78, 5) is 17.9. The predicted octanol–water partition coefficient (Wildman–Crippen LogP) is 4.89. The Bertz CT molecular complexity index is 805. The monoisotopic (exact) mass is 381 g/mol. The second kappa shape index (κ2) is 7.77. The fraction of sp³-hybridized carbons (Fsp3) is 0.412. The highest BCUT2D eigenvalue weighted by molar-refractivity contribution is 5.59. The lowest BCUT2D eigenvalue weighted by Crippen LogP contribution is -2.24. The van der Waals surface area contributed by atoms with Gasteiger partial charge in [-0.25, -0.2) is 4.98 Å². The number of alkyl halides is 3. The Morgan fingerprint density at radius 2 is 1.74 bits per heavy atom. The molecule has 0 amide bonds. The molecule has 1 aromatic carbocycles. The van der Waals surface area contributed by atoms with Gasteiger partial charge in [-0.05, 0) is 25.0 Å². The van der Waals surface area contributed by atoms with E-state index in [4.69, 9.17) is 0 Å². The van der Waals surface area contributed by atoms with Gasteiger partial charge in [-0.3, -0.25) is 10.1 Å². The van der Waals surface area contributed by atoms with Gasteiger partial charge in [0.15, 0.2) is 5.69 Å². The first kappa shape index (κ1) is 18.9. The maximum Gasteiger partial charge on any atom is 0.433 e. The summed E-state index contributed by atoms with van der Waals surface area (Å²) in [7, 11) is 0. The van der Waals surface area contributed by atoms with Gasteiger partial charge >= 0.3 is 6.18 Å². The average molecular weight is 381 g/mol. The standard InChI is InChI=1S/C17H18F3N5O2/c18-17(19,20)14-10-15(21-12-6-8-13(9-7-12)25(26)27)24-16(23-14)22-11-4-2-1-3-5-11/h6-11H,1-5H2,(H2,21,22,23,24). The summed E-state index contributed by atoms with van der Waals surface area (Å²) in [6.45, 7) is 0. The first-order chi connectivity index (χ1) is 12.8. The van der Waals surface area contributed by atoms with Gasteiger partial charge in [0.1, 0.15) is 5.82 Å². The van der Waals surface area contributed by atoms with Crippen LogP contribution in [0.1, 0.15) is 37.8 Å². The Hall–Kier alpha value is -2.91. The van der Waals surface area contributed by atoms with Crippen molar-refractivity contribution in [1.29, 1.82) is 0 Å². The molecule has 1 fully saturated rings. The van der Waals surface area contributed by atoms with Gasteiger partial charge in [-0.1, -0.05) is 19.3 Å². The first-order valence-corrected chi connectivity index (χ1v) is 8.55. The van der Waals surface area contributed by atoms with Crippen LogP contribution in [0.15, 0.2) is 30.3 Å². The van der Waals surface area contributed by atoms with E-state index in [0.717, 1.165) is 38.2 Å². The van der Waals surface area contributed by atoms with Crippen molar-refractivity contribution in [3.63, 3.8) is 0 Å². The molecule has 2 aromatic rings. The topological polar surface area (TPSA) is 93.0 Å². The van der Waals surface area contributed by atoms with Gasteiger partial charge in [0.05, 0.1) is 4.92 Å². The molecule has 0 radical (unpaired) electrons. The number of non-ortho nitro benzene ring substituents is 1. The van der Waals surface area contributed by atoms with Crippen molar-refractivity contribution in [1.82, 2.24) is 9.97 Å². The van der Waals surface area contributed by atoms with Gasteiger partial charge in [0, 0.05) is 29.9 Å². The Labute approximate surface area is 153 Å². The molecule has 27 heavy (non-hydrogen) atoms. The fourth-order valence-corrected chi connectivity index (χ4v) is 2.96. The summed E-state index contributed by atoms with van der Waals surface area (Å²) in [6.07, 6.45) is 0.275. The van der Waals surface area contributed by atoms with Gasteiger partial charge in [-0.2, -0.15) is 18.2 Å². The zero-order valence-corrected chi connectivity index (χ0v) is 14.3. The molecule has 10 heteroatoms. The zero-order chi connectivity index (χ0) is 19.4. The summed E-state index contributed by atoms with van der Waals surface area (Å²) in [5.41, 5.74) is -0.782. The van der Waals surface area contributed by atoms with Crippen molar-refractivity contribution in [2.24, 2.45) is 0 Å². The third-order valence-electron chi connectivity index (χ3n) is 4.31. The van der Waals surface area contributed by atoms with Crippen molar-refractivity contribution in [3.05, 3.63) is 46.1 Å². The normalized spacial score (nSPS) is 15.4. The number of nitrogens with one attached hydrogen (secondary N) is 2. The molecule has 144 valence electrons. The van der Waals surface area contributed by atoms with E-state index in [0.29, 0.717) is 5.69 Å². The predicted molar refractivity (Wildman–Crippen MR) is 93.9 cm³/mol. The number of rotatable bonds is 5. The van der Waals surface area contributed by atoms with Gasteiger partial charge in [0.25, 0.3) is 5.69 Å². The second-order valence-corrected chi connectivity index (χ2v) is 6.37. The van der Waals surface area contributed by atoms with E-state index in [1.807, 2.05) is 0 Å². The minimum atomic E-state index is -4.61. The van der Waals surface area contributed by atoms with Gasteiger partial charge in [-0.15, -0.1) is 0 Å². The molecule has 0 saturated heterocycles. The van der Waals surface area contributed by atoms with Crippen molar-refractivity contribution in [2.45, 2.75) is 44.3 Å². The van der Waals surface area contributed by atoms with Crippen molar-refractivity contribution in [2.75, 3.05) is 10.6 Å². The third kappa shape index (κ3) is 5.05. The lowest BCUT2D eigenvalue weighted by atomic mass is 9.96. The van der Waals surface area contributed by atoms with Crippen LogP contribution >= 0.6 is 0 Å². The molecule has 0 bridgehead atoms. The summed E-state index contributed by atoms with van der Waals surface area (Å²) >= 11 is 0. The molecule has 3 rings (SSSR count). The Balaban J connectivity index is 1.84. The van der Waals surface area contributed by atoms with E-state index in [-0.39, 0.29) is 23.5 Å². The minimum absolute atomic E-state index is 0.0375. The molecular weight excluding hydrogens is 363 g/mol. The van der Waals surface area contributed by atoms with Crippen LogP contribution in [0.2, 0.25) is 0 Å². The molecule has 0 atom stereocenters. The zero-order valence-electron chi connectivity index (χ0n) is 14.3. The maximum absolute atomic E-state index is 13.2. The molecular formula is C17H18F3N5O2. The van der Waals surface area contributed by atoms with Crippen LogP contribution in [0.5, 0.6) is 0 Å². The van der Waals surface area contributed by atoms with Gasteiger partial charge < -0.3 is 10.6 Å². The van der Waals surface area contributed by atoms with Crippen LogP contribution in [0.25, 0.3) is 0 Å². The number of benzene rings is 1. The Morgan fingerprint density at radius 1 is 1.07 bits per heavy atom. The lowest BCUT2D eigenvalue weighted by Gasteiger charge is -2.23. The quantitative estimate of drug-likeness (QED) is 0.566. The lowest BCUT2D eigenvalue weighted by molar-refractivity contribution is -0.384. The molecule has 1 aromatic heterocycles. The number of nitrogens with zero attached hydrogens (tertiary/aromatic N) is 3. The number of aromatic nitrogens is 2. The van der Waals surface area contributed by atoms with E-state index in [1.165, 1.54) is 24.3 Å². The molecule has 2 N–H and O–H groups in total. The molecule has 0 unspecified atom stereocenters. The highest BCUT2D eigenvalue weighted by Crippen LogP contribution is 2.31. The van der Waals surface area contributed by atoms with Crippen LogP contribution in [0.3, 0.4) is 0 Å². The highest BCUT2D eigenvalue weighted by atomic mass is 19.4. The summed E-state index contributed by atoms with van der Waals surface area (Å²) < 4.78 is 39.6. The van der Waals surface area contributed by atoms with Crippen molar-refractivity contribution >= 4 is 23.1 Å². The first-order valence-electron chi connectivity index (χ1n) is 8.55. The molecule has 0 aliphatic heterocycles. The average Bonchev–Trinajstić information content (AvgIpc) is 2.62. The van der Waals surface area contributed by atoms with E-state index in [9.17, 15) is 23.3 Å². The van der Waals surface area contributed by atoms with Crippen molar-refractivity contribution < 1.29 is 18.1 Å². The molecule has 1 heterocycles. The highest BCUT2D eigenvalue weighted by Gasteiger charge is 2.34. The minimum Gasteiger partial charge on any atom is -0.351 e. The fourth-order valence-electron chi connectivity index (χ4n) is 2.96. The number of nitro groups is 1. The van der Waals surface area contributed by atoms with E-state index in [1.54, 1.807) is 0 Å². The molecule has 1 aliphatic rings. The number of nitro benzene ring substituents is 1. The second-order valence-electron chi connectivity index (χ2n) is 6.37. The van der Waals surface area contributed by atoms with Crippen molar-refractivity contribution in [3.8, 4) is 0 Å². The maximum atomic E-state index is 13.2. The largest absolute Gasteiger partial charge is 0.433 e. The third-order valence-corrected chi connectivity index (χ3v) is 4.31. The van der Waals surface area contributed by atoms with E-state index in [2.05, 4.69) is 20.6 Å². The van der Waals surface area contributed by atoms with Gasteiger partial charge in [0.2, 0.25) is 5.95 Å². The molecule has 0 spiro atoms. The SMILES string of the molecule is O=[N+]([O-])c1ccc(Nc2cc(C(F)(F)F)nc(NC3CCCCC3)n2)cc1. The number of halogens is 3. The van der Waals surface area contributed by atoms with Crippen LogP contribution < -0.4 is 10.6 Å². The summed E-state index contributed by atoms with van der Waals surface area (Å²) in [6, 6.07) is 6.19. The van der Waals surface area contributed by atoms with E-state index >= 15 is 0 Å². The van der Waals surface area contributed by atoms with Crippen LogP contribution in [-0.2, 0) is 6.18 Å². The molecule has 7 nitrogen and oxygen atoms in total. The Kier molecular flexibility index (Phi) is 5.43. The van der Waals surface area contributed by atoms with Crippen LogP contribution in [0, 0.1) is 10.1 Å². The number of hydrogen-bond acceptors (Lipinski definition) is 6. The van der Waals surface area contributed by atoms with E-state index < -0.39 is 16.8 Å². The smallest absolute Gasteiger partial charge is 0.351 e. The molecule has 1 aliphatic carbocycles. The number of anilines is 3. The summed E-state index contributed by atoms with van der Waals surface area (Å²) in [5.74, 6) is -0.120. The summed E-state index contributed by atoms with van der Waals surface area (Å²) in [5, 5.41) is 16.4. The van der Waals surface area contributed by atoms with Crippen LogP contribution in [0.4, 0.5) is 36.3 Å².